The van der Waals surface area contributed by atoms with Gasteiger partial charge >= 0.3 is 6.18 Å². The van der Waals surface area contributed by atoms with Gasteiger partial charge in [-0.3, -0.25) is 4.99 Å². The number of alkyl halides is 3. The van der Waals surface area contributed by atoms with Gasteiger partial charge in [0.15, 0.2) is 12.6 Å². The zero-order chi connectivity index (χ0) is 20.6. The minimum atomic E-state index is -4.40. The number of aliphatic imine (C=N–C) groups is 1. The SMILES string of the molecule is CN=C(NCc1ccc(C#N)cc1)NCc1ccc(C)cc1OCC(F)(F)F.I. The van der Waals surface area contributed by atoms with E-state index < -0.39 is 12.8 Å². The van der Waals surface area contributed by atoms with Crippen molar-refractivity contribution in [2.45, 2.75) is 26.2 Å². The predicted molar refractivity (Wildman–Crippen MR) is 116 cm³/mol. The molecule has 2 aromatic rings. The lowest BCUT2D eigenvalue weighted by Gasteiger charge is -2.16. The molecule has 9 heteroatoms. The van der Waals surface area contributed by atoms with Crippen molar-refractivity contribution in [1.29, 1.82) is 5.26 Å². The van der Waals surface area contributed by atoms with Gasteiger partial charge in [0, 0.05) is 25.7 Å². The Kier molecular flexibility index (Phi) is 9.74. The maximum absolute atomic E-state index is 12.5. The Hall–Kier alpha value is -2.48. The first-order valence-electron chi connectivity index (χ1n) is 8.53. The van der Waals surface area contributed by atoms with Gasteiger partial charge in [-0.1, -0.05) is 24.3 Å². The number of hydrogen-bond acceptors (Lipinski definition) is 3. The summed E-state index contributed by atoms with van der Waals surface area (Å²) >= 11 is 0. The number of aryl methyl sites for hydroxylation is 1. The van der Waals surface area contributed by atoms with Crippen LogP contribution < -0.4 is 15.4 Å². The Morgan fingerprint density at radius 2 is 1.76 bits per heavy atom. The number of halogens is 4. The second-order valence-electron chi connectivity index (χ2n) is 6.10. The molecule has 2 rings (SSSR count). The van der Waals surface area contributed by atoms with Crippen molar-refractivity contribution in [3.05, 3.63) is 64.7 Å². The van der Waals surface area contributed by atoms with Crippen molar-refractivity contribution in [3.8, 4) is 11.8 Å². The molecule has 0 amide bonds. The maximum atomic E-state index is 12.5. The Morgan fingerprint density at radius 1 is 1.10 bits per heavy atom. The lowest BCUT2D eigenvalue weighted by Crippen LogP contribution is -2.36. The molecule has 0 heterocycles. The van der Waals surface area contributed by atoms with Crippen molar-refractivity contribution in [2.24, 2.45) is 4.99 Å². The molecular weight excluding hydrogens is 496 g/mol. The summed E-state index contributed by atoms with van der Waals surface area (Å²) in [5.74, 6) is 0.680. The molecule has 0 atom stereocenters. The molecule has 0 aliphatic carbocycles. The van der Waals surface area contributed by atoms with Crippen LogP contribution in [0.2, 0.25) is 0 Å². The van der Waals surface area contributed by atoms with Crippen LogP contribution in [0.25, 0.3) is 0 Å². The average Bonchev–Trinajstić information content (AvgIpc) is 2.67. The van der Waals surface area contributed by atoms with Gasteiger partial charge < -0.3 is 15.4 Å². The highest BCUT2D eigenvalue weighted by atomic mass is 127. The first-order valence-corrected chi connectivity index (χ1v) is 8.53. The number of nitriles is 1. The third kappa shape index (κ3) is 8.60. The number of rotatable bonds is 6. The normalized spacial score (nSPS) is 11.2. The quantitative estimate of drug-likeness (QED) is 0.340. The van der Waals surface area contributed by atoms with E-state index in [1.54, 1.807) is 38.2 Å². The van der Waals surface area contributed by atoms with E-state index >= 15 is 0 Å². The molecule has 2 aromatic carbocycles. The lowest BCUT2D eigenvalue weighted by atomic mass is 10.1. The summed E-state index contributed by atoms with van der Waals surface area (Å²) in [6.07, 6.45) is -4.40. The fourth-order valence-electron chi connectivity index (χ4n) is 2.38. The van der Waals surface area contributed by atoms with Gasteiger partial charge in [0.25, 0.3) is 0 Å². The number of ether oxygens (including phenoxy) is 1. The minimum Gasteiger partial charge on any atom is -0.484 e. The molecule has 156 valence electrons. The molecule has 0 aromatic heterocycles. The van der Waals surface area contributed by atoms with Crippen molar-refractivity contribution < 1.29 is 17.9 Å². The standard InChI is InChI=1S/C20H21F3N4O.HI/c1-14-3-8-17(18(9-14)28-13-20(21,22)23)12-27-19(25-2)26-11-16-6-4-15(10-24)5-7-16;/h3-9H,11-13H2,1-2H3,(H2,25,26,27);1H. The molecule has 0 aliphatic rings. The van der Waals surface area contributed by atoms with E-state index in [4.69, 9.17) is 10.00 Å². The van der Waals surface area contributed by atoms with Crippen LogP contribution in [-0.4, -0.2) is 25.8 Å². The van der Waals surface area contributed by atoms with E-state index in [0.717, 1.165) is 11.1 Å². The number of nitrogens with one attached hydrogen (secondary N) is 2. The van der Waals surface area contributed by atoms with Gasteiger partial charge in [0.1, 0.15) is 5.75 Å². The van der Waals surface area contributed by atoms with E-state index in [1.807, 2.05) is 18.2 Å². The van der Waals surface area contributed by atoms with Crippen LogP contribution >= 0.6 is 24.0 Å². The molecule has 0 radical (unpaired) electrons. The molecule has 0 bridgehead atoms. The van der Waals surface area contributed by atoms with Crippen molar-refractivity contribution in [2.75, 3.05) is 13.7 Å². The topological polar surface area (TPSA) is 69.4 Å². The van der Waals surface area contributed by atoms with Crippen LogP contribution in [0, 0.1) is 18.3 Å². The zero-order valence-electron chi connectivity index (χ0n) is 16.0. The van der Waals surface area contributed by atoms with Gasteiger partial charge in [-0.05, 0) is 36.2 Å². The Morgan fingerprint density at radius 3 is 2.34 bits per heavy atom. The first kappa shape index (κ1) is 24.6. The van der Waals surface area contributed by atoms with Crippen molar-refractivity contribution in [3.63, 3.8) is 0 Å². The van der Waals surface area contributed by atoms with E-state index in [1.165, 1.54) is 0 Å². The van der Waals surface area contributed by atoms with Gasteiger partial charge in [0.05, 0.1) is 11.6 Å². The molecule has 0 saturated heterocycles. The van der Waals surface area contributed by atoms with E-state index in [9.17, 15) is 13.2 Å². The summed E-state index contributed by atoms with van der Waals surface area (Å²) in [5, 5.41) is 15.0. The molecule has 0 unspecified atom stereocenters. The number of nitrogens with zero attached hydrogens (tertiary/aromatic N) is 2. The van der Waals surface area contributed by atoms with Crippen LogP contribution in [0.15, 0.2) is 47.5 Å². The van der Waals surface area contributed by atoms with Gasteiger partial charge in [0.2, 0.25) is 0 Å². The summed E-state index contributed by atoms with van der Waals surface area (Å²) in [6, 6.07) is 14.3. The fourth-order valence-corrected chi connectivity index (χ4v) is 2.38. The van der Waals surface area contributed by atoms with Crippen molar-refractivity contribution in [1.82, 2.24) is 10.6 Å². The summed E-state index contributed by atoms with van der Waals surface area (Å²) in [4.78, 5) is 4.11. The summed E-state index contributed by atoms with van der Waals surface area (Å²) in [5.41, 5.74) is 2.95. The summed E-state index contributed by atoms with van der Waals surface area (Å²) < 4.78 is 42.3. The molecule has 0 spiro atoms. The Balaban J connectivity index is 0.00000420. The predicted octanol–water partition coefficient (Wildman–Crippen LogP) is 4.29. The van der Waals surface area contributed by atoms with Crippen LogP contribution in [0.1, 0.15) is 22.3 Å². The average molecular weight is 518 g/mol. The molecule has 5 nitrogen and oxygen atoms in total. The largest absolute Gasteiger partial charge is 0.484 e. The Labute approximate surface area is 185 Å². The molecular formula is C20H22F3IN4O. The highest BCUT2D eigenvalue weighted by Crippen LogP contribution is 2.23. The highest BCUT2D eigenvalue weighted by molar-refractivity contribution is 14.0. The lowest BCUT2D eigenvalue weighted by molar-refractivity contribution is -0.153. The zero-order valence-corrected chi connectivity index (χ0v) is 18.3. The second-order valence-corrected chi connectivity index (χ2v) is 6.10. The summed E-state index contributed by atoms with van der Waals surface area (Å²) in [7, 11) is 1.60. The molecule has 2 N–H and O–H groups in total. The van der Waals surface area contributed by atoms with Crippen LogP contribution in [0.5, 0.6) is 5.75 Å². The molecule has 0 aliphatic heterocycles. The van der Waals surface area contributed by atoms with E-state index in [2.05, 4.69) is 21.7 Å². The smallest absolute Gasteiger partial charge is 0.422 e. The number of hydrogen-bond donors (Lipinski definition) is 2. The van der Waals surface area contributed by atoms with Gasteiger partial charge in [-0.2, -0.15) is 18.4 Å². The minimum absolute atomic E-state index is 0. The molecule has 29 heavy (non-hydrogen) atoms. The second kappa shape index (κ2) is 11.5. The van der Waals surface area contributed by atoms with Crippen LogP contribution in [-0.2, 0) is 13.1 Å². The first-order chi connectivity index (χ1) is 13.3. The summed E-state index contributed by atoms with van der Waals surface area (Å²) in [6.45, 7) is 1.18. The number of benzene rings is 2. The third-order valence-corrected chi connectivity index (χ3v) is 3.83. The number of guanidine groups is 1. The Bertz CT molecular complexity index is 862. The van der Waals surface area contributed by atoms with E-state index in [0.29, 0.717) is 23.6 Å². The van der Waals surface area contributed by atoms with Crippen molar-refractivity contribution >= 4 is 29.9 Å². The maximum Gasteiger partial charge on any atom is 0.422 e. The highest BCUT2D eigenvalue weighted by Gasteiger charge is 2.28. The fraction of sp³-hybridized carbons (Fsp3) is 0.300. The van der Waals surface area contributed by atoms with Crippen LogP contribution in [0.4, 0.5) is 13.2 Å². The third-order valence-electron chi connectivity index (χ3n) is 3.83. The van der Waals surface area contributed by atoms with Gasteiger partial charge in [-0.25, -0.2) is 0 Å². The molecule has 0 fully saturated rings. The van der Waals surface area contributed by atoms with E-state index in [-0.39, 0.29) is 36.3 Å². The van der Waals surface area contributed by atoms with Gasteiger partial charge in [-0.15, -0.1) is 24.0 Å². The monoisotopic (exact) mass is 518 g/mol. The molecule has 0 saturated carbocycles. The van der Waals surface area contributed by atoms with Crippen LogP contribution in [0.3, 0.4) is 0 Å².